The molecule has 0 aliphatic heterocycles. The first-order valence-electron chi connectivity index (χ1n) is 4.60. The van der Waals surface area contributed by atoms with Crippen LogP contribution in [0, 0.1) is 0 Å². The van der Waals surface area contributed by atoms with Crippen molar-refractivity contribution in [3.8, 4) is 0 Å². The van der Waals surface area contributed by atoms with Crippen molar-refractivity contribution in [3.05, 3.63) is 12.2 Å². The van der Waals surface area contributed by atoms with E-state index in [1.807, 2.05) is 0 Å². The van der Waals surface area contributed by atoms with E-state index in [0.29, 0.717) is 0 Å². The topological polar surface area (TPSA) is 133 Å². The lowest BCUT2D eigenvalue weighted by Crippen LogP contribution is -2.38. The zero-order chi connectivity index (χ0) is 12.8. The smallest absolute Gasteiger partial charge is 0.312 e. The highest BCUT2D eigenvalue weighted by Gasteiger charge is 2.14. The number of hydrogen-bond donors (Lipinski definition) is 5. The third kappa shape index (κ3) is 8.97. The summed E-state index contributed by atoms with van der Waals surface area (Å²) < 4.78 is 0. The summed E-state index contributed by atoms with van der Waals surface area (Å²) in [5.41, 5.74) is 4.85. The molecule has 0 heterocycles. The molecule has 0 aromatic carbocycles. The van der Waals surface area contributed by atoms with Crippen LogP contribution in [0.25, 0.3) is 0 Å². The Kier molecular flexibility index (Phi) is 5.48. The van der Waals surface area contributed by atoms with E-state index in [4.69, 9.17) is 21.1 Å². The first-order valence-corrected chi connectivity index (χ1v) is 4.60. The number of carboxylic acid groups (broad SMARTS) is 1. The van der Waals surface area contributed by atoms with Crippen LogP contribution in [-0.2, 0) is 4.79 Å². The van der Waals surface area contributed by atoms with Crippen LogP contribution >= 0.6 is 0 Å². The van der Waals surface area contributed by atoms with Gasteiger partial charge in [-0.1, -0.05) is 12.2 Å². The van der Waals surface area contributed by atoms with Crippen LogP contribution in [0.3, 0.4) is 0 Å². The number of carbonyl (C=O) groups is 2. The van der Waals surface area contributed by atoms with Crippen molar-refractivity contribution < 1.29 is 24.9 Å². The summed E-state index contributed by atoms with van der Waals surface area (Å²) >= 11 is 0. The second-order valence-electron chi connectivity index (χ2n) is 3.56. The van der Waals surface area contributed by atoms with Gasteiger partial charge >= 0.3 is 12.0 Å². The molecule has 0 aliphatic rings. The number of primary amides is 1. The zero-order valence-electron chi connectivity index (χ0n) is 8.88. The molecule has 0 saturated heterocycles. The predicted molar refractivity (Wildman–Crippen MR) is 55.4 cm³/mol. The van der Waals surface area contributed by atoms with Gasteiger partial charge in [-0.25, -0.2) is 4.79 Å². The number of nitrogens with one attached hydrogen (secondary N) is 1. The number of amides is 2. The summed E-state index contributed by atoms with van der Waals surface area (Å²) in [5.74, 6) is -2.96. The van der Waals surface area contributed by atoms with E-state index in [1.165, 1.54) is 19.1 Å². The molecule has 0 radical (unpaired) electrons. The number of urea groups is 1. The predicted octanol–water partition coefficient (Wildman–Crippen LogP) is -0.855. The molecule has 0 aliphatic carbocycles. The van der Waals surface area contributed by atoms with Crippen LogP contribution in [-0.4, -0.2) is 39.1 Å². The lowest BCUT2D eigenvalue weighted by atomic mass is 10.1. The van der Waals surface area contributed by atoms with Crippen molar-refractivity contribution in [1.82, 2.24) is 5.32 Å². The molecule has 0 bridgehead atoms. The van der Waals surface area contributed by atoms with Crippen molar-refractivity contribution in [1.29, 1.82) is 0 Å². The molecule has 0 saturated carbocycles. The largest absolute Gasteiger partial charge is 0.481 e. The molecule has 0 aromatic rings. The molecule has 6 N–H and O–H groups in total. The van der Waals surface area contributed by atoms with Gasteiger partial charge in [-0.3, -0.25) is 4.79 Å². The highest BCUT2D eigenvalue weighted by Crippen LogP contribution is 2.05. The molecule has 1 unspecified atom stereocenters. The van der Waals surface area contributed by atoms with E-state index in [9.17, 15) is 9.59 Å². The van der Waals surface area contributed by atoms with Gasteiger partial charge in [0, 0.05) is 6.42 Å². The fourth-order valence-electron chi connectivity index (χ4n) is 0.994. The highest BCUT2D eigenvalue weighted by molar-refractivity contribution is 5.74. The van der Waals surface area contributed by atoms with Gasteiger partial charge in [-0.2, -0.15) is 0 Å². The average molecular weight is 232 g/mol. The fourth-order valence-corrected chi connectivity index (χ4v) is 0.994. The second kappa shape index (κ2) is 6.09. The van der Waals surface area contributed by atoms with Gasteiger partial charge in [0.1, 0.15) is 0 Å². The highest BCUT2D eigenvalue weighted by atomic mass is 16.5. The summed E-state index contributed by atoms with van der Waals surface area (Å²) in [6, 6.07) is -1.61. The molecule has 0 rings (SSSR count). The monoisotopic (exact) mass is 232 g/mol. The van der Waals surface area contributed by atoms with E-state index in [2.05, 4.69) is 5.32 Å². The van der Waals surface area contributed by atoms with Gasteiger partial charge in [0.2, 0.25) is 0 Å². The quantitative estimate of drug-likeness (QED) is 0.300. The first-order chi connectivity index (χ1) is 7.20. The Balaban J connectivity index is 4.30. The lowest BCUT2D eigenvalue weighted by molar-refractivity contribution is -0.140. The molecule has 0 spiro atoms. The minimum Gasteiger partial charge on any atom is -0.481 e. The van der Waals surface area contributed by atoms with Crippen LogP contribution in [0.4, 0.5) is 4.79 Å². The third-order valence-corrected chi connectivity index (χ3v) is 1.60. The number of nitrogens with two attached hydrogens (primary N) is 1. The Morgan fingerprint density at radius 3 is 2.44 bits per heavy atom. The van der Waals surface area contributed by atoms with E-state index in [1.54, 1.807) is 0 Å². The minimum atomic E-state index is -1.86. The summed E-state index contributed by atoms with van der Waals surface area (Å²) in [5, 5.41) is 28.7. The molecule has 7 heteroatoms. The third-order valence-electron chi connectivity index (χ3n) is 1.60. The van der Waals surface area contributed by atoms with Crippen LogP contribution in [0.2, 0.25) is 0 Å². The molecular weight excluding hydrogens is 216 g/mol. The van der Waals surface area contributed by atoms with Crippen molar-refractivity contribution in [2.24, 2.45) is 5.73 Å². The van der Waals surface area contributed by atoms with Crippen LogP contribution in [0.15, 0.2) is 12.2 Å². The standard InChI is InChI=1S/C9H16N2O5/c1-9(15,16)4-2-3-6(5-7(12)13)11-8(10)14/h2-3,6,15-16H,4-5H2,1H3,(H,12,13)(H3,10,11,14)/b3-2+. The number of rotatable bonds is 6. The van der Waals surface area contributed by atoms with Crippen molar-refractivity contribution in [2.75, 3.05) is 0 Å². The molecule has 2 amide bonds. The second-order valence-corrected chi connectivity index (χ2v) is 3.56. The first kappa shape index (κ1) is 14.4. The Labute approximate surface area is 92.6 Å². The Bertz CT molecular complexity index is 266. The minimum absolute atomic E-state index is 0.0798. The summed E-state index contributed by atoms with van der Waals surface area (Å²) in [6.45, 7) is 1.19. The number of carbonyl (C=O) groups excluding carboxylic acids is 1. The molecule has 0 aromatic heterocycles. The molecular formula is C9H16N2O5. The van der Waals surface area contributed by atoms with Gasteiger partial charge in [0.25, 0.3) is 0 Å². The number of hydrogen-bond acceptors (Lipinski definition) is 4. The average Bonchev–Trinajstić information content (AvgIpc) is 1.98. The van der Waals surface area contributed by atoms with Crippen LogP contribution in [0.1, 0.15) is 19.8 Å². The van der Waals surface area contributed by atoms with Gasteiger partial charge in [0.05, 0.1) is 12.5 Å². The molecule has 7 nitrogen and oxygen atoms in total. The number of carboxylic acids is 1. The number of aliphatic carboxylic acids is 1. The maximum Gasteiger partial charge on any atom is 0.312 e. The van der Waals surface area contributed by atoms with Gasteiger partial charge < -0.3 is 26.4 Å². The maximum atomic E-state index is 10.5. The molecule has 92 valence electrons. The van der Waals surface area contributed by atoms with Gasteiger partial charge in [0.15, 0.2) is 5.79 Å². The number of aliphatic hydroxyl groups is 2. The SMILES string of the molecule is CC(O)(O)C/C=C/C(CC(=O)O)NC(N)=O. The van der Waals surface area contributed by atoms with Crippen molar-refractivity contribution in [3.63, 3.8) is 0 Å². The van der Waals surface area contributed by atoms with E-state index in [0.717, 1.165) is 0 Å². The van der Waals surface area contributed by atoms with Crippen molar-refractivity contribution >= 4 is 12.0 Å². The lowest BCUT2D eigenvalue weighted by Gasteiger charge is -2.14. The van der Waals surface area contributed by atoms with Gasteiger partial charge in [-0.05, 0) is 6.92 Å². The molecule has 1 atom stereocenters. The summed E-state index contributed by atoms with van der Waals surface area (Å²) in [4.78, 5) is 21.0. The van der Waals surface area contributed by atoms with E-state index in [-0.39, 0.29) is 12.8 Å². The summed E-state index contributed by atoms with van der Waals surface area (Å²) in [6.07, 6.45) is 2.31. The zero-order valence-corrected chi connectivity index (χ0v) is 8.88. The summed E-state index contributed by atoms with van der Waals surface area (Å²) in [7, 11) is 0. The van der Waals surface area contributed by atoms with E-state index >= 15 is 0 Å². The fraction of sp³-hybridized carbons (Fsp3) is 0.556. The van der Waals surface area contributed by atoms with E-state index < -0.39 is 23.8 Å². The Morgan fingerprint density at radius 2 is 2.06 bits per heavy atom. The van der Waals surface area contributed by atoms with Crippen LogP contribution in [0.5, 0.6) is 0 Å². The normalized spacial score (nSPS) is 13.7. The van der Waals surface area contributed by atoms with Crippen LogP contribution < -0.4 is 11.1 Å². The van der Waals surface area contributed by atoms with Gasteiger partial charge in [-0.15, -0.1) is 0 Å². The van der Waals surface area contributed by atoms with Crippen molar-refractivity contribution in [2.45, 2.75) is 31.6 Å². The Morgan fingerprint density at radius 1 is 1.50 bits per heavy atom. The maximum absolute atomic E-state index is 10.5. The molecule has 16 heavy (non-hydrogen) atoms. The molecule has 0 fully saturated rings. The Hall–Kier alpha value is -1.60.